The number of β-amino-alcohol motifs (C(OH)–C–C–N with tert-alkyl or cyclic N) is 1. The second kappa shape index (κ2) is 10.0. The van der Waals surface area contributed by atoms with Crippen LogP contribution in [0, 0.1) is 0 Å². The third kappa shape index (κ3) is 6.68. The summed E-state index contributed by atoms with van der Waals surface area (Å²) in [7, 11) is 0. The average molecular weight is 440 g/mol. The highest BCUT2D eigenvalue weighted by molar-refractivity contribution is 6.31. The fraction of sp³-hybridized carbons (Fsp3) is 0.350. The minimum absolute atomic E-state index is 0.0620. The van der Waals surface area contributed by atoms with Crippen molar-refractivity contribution in [2.45, 2.75) is 18.6 Å². The normalized spacial score (nSPS) is 17.7. The van der Waals surface area contributed by atoms with Gasteiger partial charge in [-0.15, -0.1) is 0 Å². The number of carbonyl (C=O) groups is 1. The fourth-order valence-corrected chi connectivity index (χ4v) is 3.46. The van der Waals surface area contributed by atoms with E-state index in [1.807, 2.05) is 12.1 Å². The molecule has 1 heterocycles. The van der Waals surface area contributed by atoms with Crippen LogP contribution in [0.5, 0.6) is 11.5 Å². The molecule has 1 fully saturated rings. The van der Waals surface area contributed by atoms with E-state index in [0.29, 0.717) is 28.0 Å². The molecule has 0 bridgehead atoms. The van der Waals surface area contributed by atoms with Crippen LogP contribution in [0.2, 0.25) is 10.0 Å². The Kier molecular flexibility index (Phi) is 7.44. The van der Waals surface area contributed by atoms with Gasteiger partial charge >= 0.3 is 6.03 Å². The van der Waals surface area contributed by atoms with Gasteiger partial charge in [0.1, 0.15) is 30.3 Å². The van der Waals surface area contributed by atoms with Gasteiger partial charge in [-0.25, -0.2) is 4.79 Å². The summed E-state index contributed by atoms with van der Waals surface area (Å²) < 4.78 is 11.6. The molecule has 0 aromatic heterocycles. The summed E-state index contributed by atoms with van der Waals surface area (Å²) >= 11 is 11.8. The quantitative estimate of drug-likeness (QED) is 0.585. The molecule has 2 aromatic rings. The first-order valence-corrected chi connectivity index (χ1v) is 9.96. The van der Waals surface area contributed by atoms with Crippen molar-refractivity contribution >= 4 is 34.9 Å². The van der Waals surface area contributed by atoms with Crippen molar-refractivity contribution in [3.63, 3.8) is 0 Å². The SMILES string of the molecule is NC(=O)Nc1cc(Cl)ccc1OCC(O)CN1CCC(Oc2ccc(Cl)cc2)C1. The Labute approximate surface area is 179 Å². The van der Waals surface area contributed by atoms with Crippen molar-refractivity contribution < 1.29 is 19.4 Å². The number of amides is 2. The van der Waals surface area contributed by atoms with Gasteiger partial charge in [-0.1, -0.05) is 23.2 Å². The molecule has 29 heavy (non-hydrogen) atoms. The van der Waals surface area contributed by atoms with Crippen molar-refractivity contribution in [3.05, 3.63) is 52.5 Å². The number of primary amides is 1. The Morgan fingerprint density at radius 1 is 1.24 bits per heavy atom. The van der Waals surface area contributed by atoms with Crippen molar-refractivity contribution in [1.29, 1.82) is 0 Å². The van der Waals surface area contributed by atoms with Crippen molar-refractivity contribution in [1.82, 2.24) is 4.90 Å². The van der Waals surface area contributed by atoms with Crippen LogP contribution in [0.25, 0.3) is 0 Å². The summed E-state index contributed by atoms with van der Waals surface area (Å²) in [6.07, 6.45) is 0.230. The van der Waals surface area contributed by atoms with Gasteiger partial charge in [0.05, 0.1) is 5.69 Å². The summed E-state index contributed by atoms with van der Waals surface area (Å²) in [5.74, 6) is 1.17. The second-order valence-electron chi connectivity index (χ2n) is 6.84. The maximum absolute atomic E-state index is 11.1. The van der Waals surface area contributed by atoms with E-state index in [4.69, 9.17) is 38.4 Å². The number of nitrogens with two attached hydrogens (primary N) is 1. The molecule has 0 radical (unpaired) electrons. The lowest BCUT2D eigenvalue weighted by Crippen LogP contribution is -2.35. The number of anilines is 1. The van der Waals surface area contributed by atoms with Crippen LogP contribution >= 0.6 is 23.2 Å². The molecule has 3 rings (SSSR count). The Morgan fingerprint density at radius 3 is 2.69 bits per heavy atom. The molecule has 2 atom stereocenters. The van der Waals surface area contributed by atoms with E-state index in [1.54, 1.807) is 24.3 Å². The zero-order valence-corrected chi connectivity index (χ0v) is 17.2. The number of hydrogen-bond acceptors (Lipinski definition) is 5. The Morgan fingerprint density at radius 2 is 1.97 bits per heavy atom. The molecule has 4 N–H and O–H groups in total. The third-order valence-corrected chi connectivity index (χ3v) is 4.93. The van der Waals surface area contributed by atoms with Gasteiger partial charge in [0.15, 0.2) is 0 Å². The number of ether oxygens (including phenoxy) is 2. The minimum Gasteiger partial charge on any atom is -0.489 e. The summed E-state index contributed by atoms with van der Waals surface area (Å²) in [4.78, 5) is 13.2. The molecule has 156 valence electrons. The van der Waals surface area contributed by atoms with E-state index in [-0.39, 0.29) is 12.7 Å². The molecule has 0 aliphatic carbocycles. The van der Waals surface area contributed by atoms with Gasteiger partial charge in [-0.05, 0) is 48.9 Å². The molecule has 2 amide bonds. The molecular formula is C20H23Cl2N3O4. The number of hydrogen-bond donors (Lipinski definition) is 3. The highest BCUT2D eigenvalue weighted by Gasteiger charge is 2.26. The minimum atomic E-state index is -0.721. The molecule has 1 saturated heterocycles. The molecule has 0 saturated carbocycles. The van der Waals surface area contributed by atoms with Crippen molar-refractivity contribution in [2.75, 3.05) is 31.6 Å². The summed E-state index contributed by atoms with van der Waals surface area (Å²) in [5, 5.41) is 13.9. The van der Waals surface area contributed by atoms with E-state index >= 15 is 0 Å². The summed E-state index contributed by atoms with van der Waals surface area (Å²) in [5.41, 5.74) is 5.52. The number of aliphatic hydroxyl groups is 1. The highest BCUT2D eigenvalue weighted by Crippen LogP contribution is 2.28. The molecule has 0 spiro atoms. The standard InChI is InChI=1S/C20H23Cl2N3O4/c21-13-1-4-16(5-2-13)29-17-7-8-25(11-17)10-15(26)12-28-19-6-3-14(22)9-18(19)24-20(23)27/h1-6,9,15,17,26H,7-8,10-12H2,(H3,23,24,27). The first kappa shape index (κ1) is 21.5. The number of carbonyl (C=O) groups excluding carboxylic acids is 1. The van der Waals surface area contributed by atoms with E-state index < -0.39 is 12.1 Å². The molecule has 2 unspecified atom stereocenters. The topological polar surface area (TPSA) is 97.1 Å². The summed E-state index contributed by atoms with van der Waals surface area (Å²) in [6, 6.07) is 11.3. The predicted molar refractivity (Wildman–Crippen MR) is 113 cm³/mol. The van der Waals surface area contributed by atoms with Gasteiger partial charge in [0, 0.05) is 29.7 Å². The van der Waals surface area contributed by atoms with E-state index in [1.165, 1.54) is 6.07 Å². The van der Waals surface area contributed by atoms with Gasteiger partial charge < -0.3 is 25.6 Å². The Balaban J connectivity index is 1.46. The van der Waals surface area contributed by atoms with Gasteiger partial charge in [0.2, 0.25) is 0 Å². The maximum atomic E-state index is 11.1. The van der Waals surface area contributed by atoms with E-state index in [9.17, 15) is 9.90 Å². The average Bonchev–Trinajstić information content (AvgIpc) is 3.09. The van der Waals surface area contributed by atoms with Crippen LogP contribution < -0.4 is 20.5 Å². The lowest BCUT2D eigenvalue weighted by atomic mass is 10.3. The molecule has 7 nitrogen and oxygen atoms in total. The highest BCUT2D eigenvalue weighted by atomic mass is 35.5. The fourth-order valence-electron chi connectivity index (χ4n) is 3.16. The van der Waals surface area contributed by atoms with Crippen LogP contribution in [-0.4, -0.2) is 54.5 Å². The zero-order valence-electron chi connectivity index (χ0n) is 15.7. The Bertz CT molecular complexity index is 835. The molecular weight excluding hydrogens is 417 g/mol. The van der Waals surface area contributed by atoms with Crippen molar-refractivity contribution in [2.24, 2.45) is 5.73 Å². The van der Waals surface area contributed by atoms with Gasteiger partial charge in [-0.2, -0.15) is 0 Å². The monoisotopic (exact) mass is 439 g/mol. The maximum Gasteiger partial charge on any atom is 0.316 e. The number of rotatable bonds is 8. The lowest BCUT2D eigenvalue weighted by Gasteiger charge is -2.21. The molecule has 9 heteroatoms. The van der Waals surface area contributed by atoms with E-state index in [0.717, 1.165) is 25.3 Å². The van der Waals surface area contributed by atoms with Crippen LogP contribution in [0.1, 0.15) is 6.42 Å². The Hall–Kier alpha value is -2.19. The first-order valence-electron chi connectivity index (χ1n) is 9.20. The van der Waals surface area contributed by atoms with Crippen LogP contribution in [0.4, 0.5) is 10.5 Å². The smallest absolute Gasteiger partial charge is 0.316 e. The molecule has 2 aromatic carbocycles. The number of urea groups is 1. The third-order valence-electron chi connectivity index (χ3n) is 4.45. The van der Waals surface area contributed by atoms with Crippen LogP contribution in [0.15, 0.2) is 42.5 Å². The number of halogens is 2. The number of benzene rings is 2. The van der Waals surface area contributed by atoms with Crippen LogP contribution in [0.3, 0.4) is 0 Å². The molecule has 1 aliphatic rings. The van der Waals surface area contributed by atoms with Crippen molar-refractivity contribution in [3.8, 4) is 11.5 Å². The number of likely N-dealkylation sites (tertiary alicyclic amines) is 1. The number of nitrogens with zero attached hydrogens (tertiary/aromatic N) is 1. The summed E-state index contributed by atoms with van der Waals surface area (Å²) in [6.45, 7) is 2.06. The largest absolute Gasteiger partial charge is 0.489 e. The van der Waals surface area contributed by atoms with Crippen LogP contribution in [-0.2, 0) is 0 Å². The van der Waals surface area contributed by atoms with Gasteiger partial charge in [0.25, 0.3) is 0 Å². The first-order chi connectivity index (χ1) is 13.9. The number of aliphatic hydroxyl groups excluding tert-OH is 1. The lowest BCUT2D eigenvalue weighted by molar-refractivity contribution is 0.0723. The zero-order chi connectivity index (χ0) is 20.8. The van der Waals surface area contributed by atoms with Gasteiger partial charge in [-0.3, -0.25) is 4.90 Å². The van der Waals surface area contributed by atoms with E-state index in [2.05, 4.69) is 10.2 Å². The second-order valence-corrected chi connectivity index (χ2v) is 7.71. The number of nitrogens with one attached hydrogen (secondary N) is 1. The molecule has 1 aliphatic heterocycles. The predicted octanol–water partition coefficient (Wildman–Crippen LogP) is 3.38.